The first-order valence-electron chi connectivity index (χ1n) is 4.74. The normalized spacial score (nSPS) is 11.1. The van der Waals surface area contributed by atoms with Gasteiger partial charge in [0, 0.05) is 0 Å². The zero-order chi connectivity index (χ0) is 9.23. The summed E-state index contributed by atoms with van der Waals surface area (Å²) in [4.78, 5) is 10.2. The van der Waals surface area contributed by atoms with E-state index in [0.29, 0.717) is 0 Å². The van der Waals surface area contributed by atoms with Gasteiger partial charge < -0.3 is 0 Å². The van der Waals surface area contributed by atoms with Crippen LogP contribution in [0.1, 0.15) is 45.4 Å². The van der Waals surface area contributed by atoms with Crippen LogP contribution in [-0.4, -0.2) is 25.6 Å². The number of carbonyl (C=O) groups is 1. The molecular weight excluding hydrogens is 215 g/mol. The molecule has 72 valence electrons. The Labute approximate surface area is 81.4 Å². The van der Waals surface area contributed by atoms with Crippen molar-refractivity contribution in [2.75, 3.05) is 0 Å². The molecule has 3 heteroatoms. The van der Waals surface area contributed by atoms with Gasteiger partial charge in [0.25, 0.3) is 0 Å². The van der Waals surface area contributed by atoms with Gasteiger partial charge in [0.05, 0.1) is 0 Å². The Bertz CT molecular complexity index is 115. The average molecular weight is 234 g/mol. The fourth-order valence-corrected chi connectivity index (χ4v) is 2.44. The fourth-order valence-electron chi connectivity index (χ4n) is 1.10. The predicted octanol–water partition coefficient (Wildman–Crippen LogP) is 2.88. The van der Waals surface area contributed by atoms with Gasteiger partial charge in [-0.15, -0.1) is 0 Å². The summed E-state index contributed by atoms with van der Waals surface area (Å²) in [6.45, 7) is 2.21. The molecule has 0 aromatic heterocycles. The molecule has 0 aromatic carbocycles. The first-order valence-corrected chi connectivity index (χ1v) is 7.27. The molecule has 0 aliphatic heterocycles. The van der Waals surface area contributed by atoms with Crippen LogP contribution in [0.4, 0.5) is 4.79 Å². The van der Waals surface area contributed by atoms with Crippen LogP contribution in [0.2, 0.25) is 5.21 Å². The van der Waals surface area contributed by atoms with Crippen LogP contribution in [0.15, 0.2) is 0 Å². The molecular formula is C9H19AsO2. The maximum absolute atomic E-state index is 10.2. The Morgan fingerprint density at radius 1 is 1.17 bits per heavy atom. The third kappa shape index (κ3) is 10.0. The molecule has 0 rings (SSSR count). The van der Waals surface area contributed by atoms with E-state index in [1.165, 1.54) is 32.1 Å². The van der Waals surface area contributed by atoms with Gasteiger partial charge in [-0.3, -0.25) is 0 Å². The molecule has 0 spiro atoms. The fraction of sp³-hybridized carbons (Fsp3) is 0.889. The Morgan fingerprint density at radius 2 is 1.75 bits per heavy atom. The molecule has 0 bridgehead atoms. The summed E-state index contributed by atoms with van der Waals surface area (Å²) in [5.41, 5.74) is 0. The van der Waals surface area contributed by atoms with E-state index in [0.717, 1.165) is 11.6 Å². The van der Waals surface area contributed by atoms with Crippen molar-refractivity contribution in [2.24, 2.45) is 0 Å². The van der Waals surface area contributed by atoms with Gasteiger partial charge in [-0.25, -0.2) is 0 Å². The van der Waals surface area contributed by atoms with Gasteiger partial charge in [0.1, 0.15) is 0 Å². The molecule has 0 aromatic rings. The van der Waals surface area contributed by atoms with Gasteiger partial charge in [-0.1, -0.05) is 0 Å². The van der Waals surface area contributed by atoms with E-state index in [-0.39, 0.29) is 0 Å². The molecule has 0 aliphatic rings. The van der Waals surface area contributed by atoms with Crippen LogP contribution in [0.3, 0.4) is 0 Å². The van der Waals surface area contributed by atoms with Crippen LogP contribution >= 0.6 is 0 Å². The maximum atomic E-state index is 10.2. The zero-order valence-corrected chi connectivity index (χ0v) is 9.90. The molecule has 1 N–H and O–H groups in total. The van der Waals surface area contributed by atoms with Gasteiger partial charge in [0.15, 0.2) is 0 Å². The summed E-state index contributed by atoms with van der Waals surface area (Å²) in [5, 5.41) is 9.38. The molecule has 0 saturated heterocycles. The van der Waals surface area contributed by atoms with Gasteiger partial charge >= 0.3 is 81.1 Å². The minimum atomic E-state index is -0.665. The monoisotopic (exact) mass is 234 g/mol. The van der Waals surface area contributed by atoms with Crippen molar-refractivity contribution in [3.05, 3.63) is 0 Å². The van der Waals surface area contributed by atoms with Crippen LogP contribution in [0.5, 0.6) is 0 Å². The molecule has 1 unspecified atom stereocenters. The third-order valence-corrected chi connectivity index (χ3v) is 3.71. The van der Waals surface area contributed by atoms with E-state index in [4.69, 9.17) is 5.11 Å². The number of unbranched alkanes of at least 4 members (excludes halogenated alkanes) is 5. The summed E-state index contributed by atoms with van der Waals surface area (Å²) < 4.78 is -0.538. The van der Waals surface area contributed by atoms with Crippen molar-refractivity contribution < 1.29 is 9.90 Å². The van der Waals surface area contributed by atoms with E-state index in [2.05, 4.69) is 6.92 Å². The molecule has 0 amide bonds. The molecule has 2 nitrogen and oxygen atoms in total. The predicted molar refractivity (Wildman–Crippen MR) is 53.4 cm³/mol. The van der Waals surface area contributed by atoms with Crippen LogP contribution in [0.25, 0.3) is 0 Å². The Balaban J connectivity index is 2.86. The number of carboxylic acid groups (broad SMARTS) is 1. The minimum absolute atomic E-state index is 0.538. The quantitative estimate of drug-likeness (QED) is 0.518. The first kappa shape index (κ1) is 12.0. The third-order valence-electron chi connectivity index (χ3n) is 1.81. The number of hydrogen-bond donors (Lipinski definition) is 1. The average Bonchev–Trinajstić information content (AvgIpc) is 2.02. The second kappa shape index (κ2) is 9.12. The molecule has 0 aliphatic carbocycles. The van der Waals surface area contributed by atoms with Crippen molar-refractivity contribution in [3.8, 4) is 0 Å². The van der Waals surface area contributed by atoms with Crippen LogP contribution in [-0.2, 0) is 0 Å². The molecule has 0 saturated carbocycles. The van der Waals surface area contributed by atoms with Gasteiger partial charge in [-0.2, -0.15) is 0 Å². The summed E-state index contributed by atoms with van der Waals surface area (Å²) in [7, 11) is 0. The number of hydrogen-bond acceptors (Lipinski definition) is 1. The summed E-state index contributed by atoms with van der Waals surface area (Å²) in [5.74, 6) is 0. The molecule has 1 atom stereocenters. The second-order valence-electron chi connectivity index (χ2n) is 3.00. The van der Waals surface area contributed by atoms with Gasteiger partial charge in [-0.05, 0) is 0 Å². The van der Waals surface area contributed by atoms with Crippen molar-refractivity contribution in [1.82, 2.24) is 0 Å². The molecule has 12 heavy (non-hydrogen) atoms. The molecule has 0 heterocycles. The first-order chi connectivity index (χ1) is 5.77. The Hall–Kier alpha value is 0.0284. The van der Waals surface area contributed by atoms with E-state index in [1.807, 2.05) is 0 Å². The Morgan fingerprint density at radius 3 is 2.33 bits per heavy atom. The SMILES string of the molecule is CCCCCCCC[AsH]C(=O)O. The standard InChI is InChI=1S/C9H19AsO2/c1-2-3-4-5-6-7-8-10-9(11)12/h10H,2-8H2,1H3,(H,11,12). The van der Waals surface area contributed by atoms with Crippen LogP contribution < -0.4 is 0 Å². The van der Waals surface area contributed by atoms with Crippen molar-refractivity contribution >= 4 is 20.5 Å². The zero-order valence-electron chi connectivity index (χ0n) is 7.81. The van der Waals surface area contributed by atoms with Crippen molar-refractivity contribution in [2.45, 2.75) is 50.7 Å². The second-order valence-corrected chi connectivity index (χ2v) is 5.69. The summed E-state index contributed by atoms with van der Waals surface area (Å²) in [6.07, 6.45) is 7.59. The topological polar surface area (TPSA) is 37.3 Å². The van der Waals surface area contributed by atoms with Crippen LogP contribution in [0, 0.1) is 0 Å². The van der Waals surface area contributed by atoms with E-state index >= 15 is 0 Å². The summed E-state index contributed by atoms with van der Waals surface area (Å²) >= 11 is -0.665. The van der Waals surface area contributed by atoms with Crippen molar-refractivity contribution in [1.29, 1.82) is 0 Å². The van der Waals surface area contributed by atoms with E-state index in [9.17, 15) is 4.79 Å². The van der Waals surface area contributed by atoms with E-state index < -0.39 is 20.5 Å². The van der Waals surface area contributed by atoms with Gasteiger partial charge in [0.2, 0.25) is 0 Å². The summed E-state index contributed by atoms with van der Waals surface area (Å²) in [6, 6.07) is 0. The molecule has 0 radical (unpaired) electrons. The molecule has 0 fully saturated rings. The Kier molecular flexibility index (Phi) is 9.14. The van der Waals surface area contributed by atoms with E-state index in [1.54, 1.807) is 0 Å². The van der Waals surface area contributed by atoms with Crippen molar-refractivity contribution in [3.63, 3.8) is 0 Å². The number of rotatable bonds is 8.